The molecule has 0 saturated heterocycles. The van der Waals surface area contributed by atoms with Gasteiger partial charge in [-0.15, -0.1) is 10.2 Å². The van der Waals surface area contributed by atoms with E-state index in [1.54, 1.807) is 11.8 Å². The summed E-state index contributed by atoms with van der Waals surface area (Å²) in [5.41, 5.74) is 6.31. The van der Waals surface area contributed by atoms with Crippen LogP contribution in [0, 0.1) is 32.1 Å². The Bertz CT molecular complexity index is 1580. The summed E-state index contributed by atoms with van der Waals surface area (Å²) < 4.78 is 6.84. The number of benzene rings is 2. The molecule has 8 heteroatoms. The van der Waals surface area contributed by atoms with Crippen molar-refractivity contribution in [1.29, 1.82) is 5.26 Å². The second kappa shape index (κ2) is 8.88. The van der Waals surface area contributed by atoms with Crippen LogP contribution in [0.5, 0.6) is 5.75 Å². The number of nitrogens with zero attached hydrogens (tertiary/aromatic N) is 6. The molecule has 0 amide bonds. The van der Waals surface area contributed by atoms with Gasteiger partial charge in [0, 0.05) is 10.9 Å². The second-order valence-electron chi connectivity index (χ2n) is 8.36. The van der Waals surface area contributed by atoms with Gasteiger partial charge < -0.3 is 10.1 Å². The number of ether oxygens (including phenoxy) is 1. The highest BCUT2D eigenvalue weighted by atomic mass is 16.5. The molecule has 5 rings (SSSR count). The molecule has 0 aliphatic heterocycles. The van der Waals surface area contributed by atoms with Crippen LogP contribution in [-0.4, -0.2) is 32.1 Å². The summed E-state index contributed by atoms with van der Waals surface area (Å²) in [4.78, 5) is 4.87. The van der Waals surface area contributed by atoms with E-state index in [-0.39, 0.29) is 0 Å². The van der Waals surface area contributed by atoms with Crippen molar-refractivity contribution in [3.63, 3.8) is 0 Å². The van der Waals surface area contributed by atoms with Gasteiger partial charge in [0.1, 0.15) is 17.4 Å². The van der Waals surface area contributed by atoms with Gasteiger partial charge in [0.15, 0.2) is 17.5 Å². The summed E-state index contributed by atoms with van der Waals surface area (Å²) in [5.74, 6) is 2.37. The van der Waals surface area contributed by atoms with Crippen molar-refractivity contribution in [3.05, 3.63) is 83.0 Å². The Hall–Kier alpha value is -4.77. The van der Waals surface area contributed by atoms with Crippen molar-refractivity contribution in [2.45, 2.75) is 20.8 Å². The van der Waals surface area contributed by atoms with Gasteiger partial charge in [-0.1, -0.05) is 11.6 Å². The highest BCUT2D eigenvalue weighted by molar-refractivity contribution is 5.86. The average molecular weight is 462 g/mol. The zero-order valence-corrected chi connectivity index (χ0v) is 19.9. The van der Waals surface area contributed by atoms with Crippen molar-refractivity contribution >= 4 is 22.5 Å². The van der Waals surface area contributed by atoms with Crippen molar-refractivity contribution < 1.29 is 4.74 Å². The van der Waals surface area contributed by atoms with Gasteiger partial charge in [-0.25, -0.2) is 4.98 Å². The fourth-order valence-electron chi connectivity index (χ4n) is 4.10. The first-order chi connectivity index (χ1) is 17.0. The van der Waals surface area contributed by atoms with E-state index in [9.17, 15) is 5.26 Å². The Morgan fingerprint density at radius 3 is 2.43 bits per heavy atom. The van der Waals surface area contributed by atoms with E-state index in [1.165, 1.54) is 11.8 Å². The van der Waals surface area contributed by atoms with Crippen LogP contribution in [0.3, 0.4) is 0 Å². The number of rotatable bonds is 5. The average Bonchev–Trinajstić information content (AvgIpc) is 3.27. The maximum atomic E-state index is 9.68. The van der Waals surface area contributed by atoms with Crippen molar-refractivity contribution in [2.24, 2.45) is 0 Å². The number of fused-ring (bicyclic) bond motifs is 1. The smallest absolute Gasteiger partial charge is 0.156 e. The van der Waals surface area contributed by atoms with Gasteiger partial charge in [0.2, 0.25) is 0 Å². The number of nitriles is 1. The molecule has 5 aromatic rings. The molecule has 1 N–H and O–H groups in total. The Balaban J connectivity index is 1.50. The summed E-state index contributed by atoms with van der Waals surface area (Å²) in [7, 11) is 1.63. The lowest BCUT2D eigenvalue weighted by atomic mass is 10.0. The molecule has 35 heavy (non-hydrogen) atoms. The maximum Gasteiger partial charge on any atom is 0.156 e. The fourth-order valence-corrected chi connectivity index (χ4v) is 4.10. The molecule has 0 aliphatic rings. The van der Waals surface area contributed by atoms with Gasteiger partial charge in [0.05, 0.1) is 24.5 Å². The number of methoxy groups -OCH3 is 1. The van der Waals surface area contributed by atoms with Crippen molar-refractivity contribution in [2.75, 3.05) is 12.4 Å². The first-order valence-electron chi connectivity index (χ1n) is 11.1. The summed E-state index contributed by atoms with van der Waals surface area (Å²) in [6.07, 6.45) is 1.52. The minimum absolute atomic E-state index is 0.381. The van der Waals surface area contributed by atoms with E-state index < -0.39 is 0 Å². The molecule has 0 fully saturated rings. The van der Waals surface area contributed by atoms with Gasteiger partial charge in [0.25, 0.3) is 0 Å². The molecule has 0 saturated carbocycles. The Labute approximate surface area is 202 Å². The van der Waals surface area contributed by atoms with E-state index in [0.29, 0.717) is 23.0 Å². The number of nitrogens with one attached hydrogen (secondary N) is 1. The van der Waals surface area contributed by atoms with Crippen LogP contribution in [-0.2, 0) is 0 Å². The minimum Gasteiger partial charge on any atom is -0.497 e. The molecule has 0 unspecified atom stereocenters. The molecule has 0 atom stereocenters. The van der Waals surface area contributed by atoms with Crippen LogP contribution >= 0.6 is 0 Å². The first-order valence-corrected chi connectivity index (χ1v) is 11.1. The van der Waals surface area contributed by atoms with E-state index in [4.69, 9.17) is 9.72 Å². The molecule has 3 heterocycles. The number of hydrogen-bond acceptors (Lipinski definition) is 7. The molecule has 0 radical (unpaired) electrons. The predicted octanol–water partition coefficient (Wildman–Crippen LogP) is 5.43. The van der Waals surface area contributed by atoms with Gasteiger partial charge in [-0.3, -0.25) is 0 Å². The van der Waals surface area contributed by atoms with Crippen LogP contribution in [0.15, 0.2) is 60.8 Å². The predicted molar refractivity (Wildman–Crippen MR) is 135 cm³/mol. The minimum atomic E-state index is 0.381. The SMILES string of the molecule is COc1ccc(-c2ccc(Nc3c(C#N)cnn3-c3cc(C)c4cc(C)cc(C)c4n3)nn2)cc1. The lowest BCUT2D eigenvalue weighted by Crippen LogP contribution is -2.07. The molecule has 0 spiro atoms. The van der Waals surface area contributed by atoms with E-state index >= 15 is 0 Å². The first kappa shape index (κ1) is 22.0. The lowest BCUT2D eigenvalue weighted by Gasteiger charge is -2.13. The molecule has 2 aromatic carbocycles. The Kier molecular flexibility index (Phi) is 5.59. The monoisotopic (exact) mass is 461 g/mol. The van der Waals surface area contributed by atoms with Gasteiger partial charge >= 0.3 is 0 Å². The number of hydrogen-bond donors (Lipinski definition) is 1. The molecule has 8 nitrogen and oxygen atoms in total. The second-order valence-corrected chi connectivity index (χ2v) is 8.36. The Morgan fingerprint density at radius 1 is 0.943 bits per heavy atom. The molecule has 0 bridgehead atoms. The summed E-state index contributed by atoms with van der Waals surface area (Å²) >= 11 is 0. The molecule has 172 valence electrons. The topological polar surface area (TPSA) is 102 Å². The van der Waals surface area contributed by atoms with Crippen molar-refractivity contribution in [3.8, 4) is 28.9 Å². The number of aryl methyl sites for hydroxylation is 3. The molecule has 0 aliphatic carbocycles. The van der Waals surface area contributed by atoms with Crippen LogP contribution < -0.4 is 10.1 Å². The number of aromatic nitrogens is 5. The third-order valence-corrected chi connectivity index (χ3v) is 5.85. The third-order valence-electron chi connectivity index (χ3n) is 5.85. The fraction of sp³-hybridized carbons (Fsp3) is 0.148. The highest BCUT2D eigenvalue weighted by Crippen LogP contribution is 2.28. The molecular weight excluding hydrogens is 438 g/mol. The largest absolute Gasteiger partial charge is 0.497 e. The van der Waals surface area contributed by atoms with Crippen LogP contribution in [0.1, 0.15) is 22.3 Å². The number of pyridine rings is 1. The summed E-state index contributed by atoms with van der Waals surface area (Å²) in [6.45, 7) is 6.18. The van der Waals surface area contributed by atoms with Crippen LogP contribution in [0.4, 0.5) is 11.6 Å². The maximum absolute atomic E-state index is 9.68. The number of anilines is 2. The van der Waals surface area contributed by atoms with Crippen molar-refractivity contribution in [1.82, 2.24) is 25.0 Å². The lowest BCUT2D eigenvalue weighted by molar-refractivity contribution is 0.415. The van der Waals surface area contributed by atoms with E-state index in [0.717, 1.165) is 39.0 Å². The molecule has 3 aromatic heterocycles. The quantitative estimate of drug-likeness (QED) is 0.372. The zero-order chi connectivity index (χ0) is 24.5. The Morgan fingerprint density at radius 2 is 1.74 bits per heavy atom. The van der Waals surface area contributed by atoms with E-state index in [1.807, 2.05) is 42.5 Å². The van der Waals surface area contributed by atoms with Gasteiger partial charge in [-0.2, -0.15) is 15.0 Å². The van der Waals surface area contributed by atoms with E-state index in [2.05, 4.69) is 59.6 Å². The standard InChI is InChI=1S/C27H23N7O/c1-16-11-18(3)26-22(12-16)17(2)13-25(31-26)34-27(20(14-28)15-29-34)30-24-10-9-23(32-33-24)19-5-7-21(35-4)8-6-19/h5-13,15H,1-4H3,(H,30,33). The zero-order valence-electron chi connectivity index (χ0n) is 19.9. The normalized spacial score (nSPS) is 10.8. The summed E-state index contributed by atoms with van der Waals surface area (Å²) in [6, 6.07) is 19.7. The summed E-state index contributed by atoms with van der Waals surface area (Å²) in [5, 5.41) is 27.1. The third kappa shape index (κ3) is 4.15. The molecular formula is C27H23N7O. The van der Waals surface area contributed by atoms with Gasteiger partial charge in [-0.05, 0) is 80.4 Å². The highest BCUT2D eigenvalue weighted by Gasteiger charge is 2.16. The van der Waals surface area contributed by atoms with Crippen LogP contribution in [0.2, 0.25) is 0 Å². The van der Waals surface area contributed by atoms with Crippen LogP contribution in [0.25, 0.3) is 28.0 Å².